The van der Waals surface area contributed by atoms with Gasteiger partial charge >= 0.3 is 0 Å². The van der Waals surface area contributed by atoms with Crippen molar-refractivity contribution in [3.05, 3.63) is 47.7 Å². The van der Waals surface area contributed by atoms with Crippen LogP contribution in [0.3, 0.4) is 0 Å². The van der Waals surface area contributed by atoms with Crippen LogP contribution in [-0.2, 0) is 21.4 Å². The molecule has 31 heavy (non-hydrogen) atoms. The molecule has 1 atom stereocenters. The first-order chi connectivity index (χ1) is 14.6. The molecule has 10 heteroatoms. The van der Waals surface area contributed by atoms with E-state index in [0.717, 1.165) is 25.0 Å². The maximum atomic E-state index is 13.3. The minimum atomic E-state index is -3.85. The van der Waals surface area contributed by atoms with Crippen molar-refractivity contribution < 1.29 is 17.6 Å². The first kappa shape index (κ1) is 23.1. The van der Waals surface area contributed by atoms with Crippen molar-refractivity contribution in [2.45, 2.75) is 43.7 Å². The number of carbonyl (C=O) groups excluding carboxylic acids is 1. The molecule has 3 rings (SSSR count). The Morgan fingerprint density at radius 1 is 1.16 bits per heavy atom. The van der Waals surface area contributed by atoms with E-state index in [1.54, 1.807) is 18.0 Å². The second-order valence-electron chi connectivity index (χ2n) is 7.93. The van der Waals surface area contributed by atoms with Gasteiger partial charge in [0, 0.05) is 40.7 Å². The molecular formula is C21H28FN5O3S. The number of halogens is 1. The molecular weight excluding hydrogens is 421 g/mol. The predicted molar refractivity (Wildman–Crippen MR) is 115 cm³/mol. The fourth-order valence-electron chi connectivity index (χ4n) is 3.51. The summed E-state index contributed by atoms with van der Waals surface area (Å²) in [5.41, 5.74) is 0.635. The molecule has 168 valence electrons. The van der Waals surface area contributed by atoms with E-state index in [2.05, 4.69) is 9.97 Å². The largest absolute Gasteiger partial charge is 0.363 e. The Hall–Kier alpha value is -2.59. The quantitative estimate of drug-likeness (QED) is 0.674. The van der Waals surface area contributed by atoms with Gasteiger partial charge in [-0.2, -0.15) is 4.31 Å². The summed E-state index contributed by atoms with van der Waals surface area (Å²) in [5, 5.41) is 0. The van der Waals surface area contributed by atoms with Crippen LogP contribution < -0.4 is 4.90 Å². The Morgan fingerprint density at radius 3 is 2.45 bits per heavy atom. The Labute approximate surface area is 182 Å². The Kier molecular flexibility index (Phi) is 6.90. The molecule has 1 aliphatic heterocycles. The van der Waals surface area contributed by atoms with Gasteiger partial charge in [-0.3, -0.25) is 4.79 Å². The number of hydrogen-bond acceptors (Lipinski definition) is 6. The first-order valence-electron chi connectivity index (χ1n) is 10.1. The highest BCUT2D eigenvalue weighted by atomic mass is 32.2. The van der Waals surface area contributed by atoms with Gasteiger partial charge < -0.3 is 9.80 Å². The third kappa shape index (κ3) is 5.19. The van der Waals surface area contributed by atoms with E-state index < -0.39 is 21.9 Å². The zero-order valence-electron chi connectivity index (χ0n) is 18.2. The molecule has 1 fully saturated rings. The minimum absolute atomic E-state index is 0.0427. The number of anilines is 1. The highest BCUT2D eigenvalue weighted by Crippen LogP contribution is 2.34. The molecule has 8 nitrogen and oxygen atoms in total. The summed E-state index contributed by atoms with van der Waals surface area (Å²) in [7, 11) is 1.53. The van der Waals surface area contributed by atoms with Crippen molar-refractivity contribution >= 4 is 21.7 Å². The number of sulfonamides is 1. The average molecular weight is 450 g/mol. The van der Waals surface area contributed by atoms with Gasteiger partial charge in [-0.25, -0.2) is 22.8 Å². The zero-order chi connectivity index (χ0) is 22.8. The van der Waals surface area contributed by atoms with Crippen molar-refractivity contribution in [2.24, 2.45) is 0 Å². The fourth-order valence-corrected chi connectivity index (χ4v) is 5.16. The van der Waals surface area contributed by atoms with Gasteiger partial charge in [0.05, 0.1) is 23.2 Å². The lowest BCUT2D eigenvalue weighted by molar-refractivity contribution is -0.128. The van der Waals surface area contributed by atoms with Crippen LogP contribution in [0.2, 0.25) is 0 Å². The second-order valence-corrected chi connectivity index (χ2v) is 9.82. The first-order valence-corrected chi connectivity index (χ1v) is 11.6. The number of carbonyl (C=O) groups is 1. The van der Waals surface area contributed by atoms with E-state index in [0.29, 0.717) is 36.8 Å². The van der Waals surface area contributed by atoms with E-state index >= 15 is 0 Å². The van der Waals surface area contributed by atoms with E-state index in [-0.39, 0.29) is 10.8 Å². The molecule has 1 aliphatic rings. The number of rotatable bonds is 6. The van der Waals surface area contributed by atoms with Crippen LogP contribution in [0.4, 0.5) is 10.2 Å². The lowest BCUT2D eigenvalue weighted by Gasteiger charge is -2.34. The van der Waals surface area contributed by atoms with E-state index in [1.165, 1.54) is 23.4 Å². The molecule has 1 aromatic carbocycles. The number of hydrogen-bond donors (Lipinski definition) is 0. The number of amides is 1. The van der Waals surface area contributed by atoms with Gasteiger partial charge in [0.15, 0.2) is 0 Å². The lowest BCUT2D eigenvalue weighted by atomic mass is 10.0. The normalized spacial score (nSPS) is 17.4. The van der Waals surface area contributed by atoms with E-state index in [1.807, 2.05) is 19.0 Å². The van der Waals surface area contributed by atoms with Gasteiger partial charge in [-0.15, -0.1) is 0 Å². The van der Waals surface area contributed by atoms with Crippen LogP contribution >= 0.6 is 0 Å². The van der Waals surface area contributed by atoms with Gasteiger partial charge in [0.2, 0.25) is 15.9 Å². The SMILES string of the molecule is CC(=O)N(C)Cc1cc(N(C)C)nc([C@@H]2CCCCN2S(=O)(=O)c2ccc(F)cc2)n1. The fraction of sp³-hybridized carbons (Fsp3) is 0.476. The minimum Gasteiger partial charge on any atom is -0.363 e. The number of aromatic nitrogens is 2. The highest BCUT2D eigenvalue weighted by Gasteiger charge is 2.36. The molecule has 0 bridgehead atoms. The Balaban J connectivity index is 2.02. The van der Waals surface area contributed by atoms with Gasteiger partial charge in [-0.05, 0) is 37.1 Å². The maximum absolute atomic E-state index is 13.3. The van der Waals surface area contributed by atoms with Crippen LogP contribution in [0.1, 0.15) is 43.7 Å². The van der Waals surface area contributed by atoms with Crippen molar-refractivity contribution in [3.8, 4) is 0 Å². The Morgan fingerprint density at radius 2 is 1.84 bits per heavy atom. The van der Waals surface area contributed by atoms with Crippen molar-refractivity contribution in [2.75, 3.05) is 32.6 Å². The third-order valence-corrected chi connectivity index (χ3v) is 7.27. The van der Waals surface area contributed by atoms with Crippen LogP contribution in [-0.4, -0.2) is 61.2 Å². The molecule has 0 aliphatic carbocycles. The number of nitrogens with zero attached hydrogens (tertiary/aromatic N) is 5. The maximum Gasteiger partial charge on any atom is 0.243 e. The summed E-state index contributed by atoms with van der Waals surface area (Å²) >= 11 is 0. The topological polar surface area (TPSA) is 86.7 Å². The molecule has 1 amide bonds. The molecule has 0 N–H and O–H groups in total. The molecule has 0 saturated carbocycles. The molecule has 0 radical (unpaired) electrons. The second kappa shape index (κ2) is 9.27. The molecule has 2 heterocycles. The van der Waals surface area contributed by atoms with Crippen molar-refractivity contribution in [1.82, 2.24) is 19.2 Å². The smallest absolute Gasteiger partial charge is 0.243 e. The number of benzene rings is 1. The summed E-state index contributed by atoms with van der Waals surface area (Å²) in [6.45, 7) is 2.11. The van der Waals surface area contributed by atoms with Crippen LogP contribution in [0.15, 0.2) is 35.2 Å². The van der Waals surface area contributed by atoms with E-state index in [4.69, 9.17) is 0 Å². The lowest BCUT2D eigenvalue weighted by Crippen LogP contribution is -2.39. The number of piperidine rings is 1. The molecule has 0 spiro atoms. The van der Waals surface area contributed by atoms with Gasteiger partial charge in [0.1, 0.15) is 17.5 Å². The van der Waals surface area contributed by atoms with Crippen molar-refractivity contribution in [3.63, 3.8) is 0 Å². The van der Waals surface area contributed by atoms with Crippen LogP contribution in [0, 0.1) is 5.82 Å². The highest BCUT2D eigenvalue weighted by molar-refractivity contribution is 7.89. The zero-order valence-corrected chi connectivity index (χ0v) is 19.1. The summed E-state index contributed by atoms with van der Waals surface area (Å²) in [6, 6.07) is 6.10. The monoisotopic (exact) mass is 449 g/mol. The standard InChI is InChI=1S/C21H28FN5O3S/c1-15(28)26(4)14-17-13-20(25(2)3)24-21(23-17)19-7-5-6-12-27(19)31(29,30)18-10-8-16(22)9-11-18/h8-11,13,19H,5-7,12,14H2,1-4H3/t19-/m0/s1. The molecule has 0 unspecified atom stereocenters. The summed E-state index contributed by atoms with van der Waals surface area (Å²) < 4.78 is 41.4. The molecule has 1 saturated heterocycles. The van der Waals surface area contributed by atoms with Gasteiger partial charge in [0.25, 0.3) is 0 Å². The van der Waals surface area contributed by atoms with Crippen LogP contribution in [0.25, 0.3) is 0 Å². The van der Waals surface area contributed by atoms with Crippen LogP contribution in [0.5, 0.6) is 0 Å². The van der Waals surface area contributed by atoms with Gasteiger partial charge in [-0.1, -0.05) is 6.42 Å². The predicted octanol–water partition coefficient (Wildman–Crippen LogP) is 2.58. The third-order valence-electron chi connectivity index (χ3n) is 5.35. The summed E-state index contributed by atoms with van der Waals surface area (Å²) in [6.07, 6.45) is 2.15. The summed E-state index contributed by atoms with van der Waals surface area (Å²) in [5.74, 6) is 0.463. The van der Waals surface area contributed by atoms with Crippen molar-refractivity contribution in [1.29, 1.82) is 0 Å². The van der Waals surface area contributed by atoms with E-state index in [9.17, 15) is 17.6 Å². The molecule has 2 aromatic rings. The average Bonchev–Trinajstić information content (AvgIpc) is 2.73. The molecule has 1 aromatic heterocycles. The summed E-state index contributed by atoms with van der Waals surface area (Å²) in [4.78, 5) is 24.3. The Bertz CT molecular complexity index is 1040.